The second kappa shape index (κ2) is 4.93. The van der Waals surface area contributed by atoms with Gasteiger partial charge in [0.05, 0.1) is 6.04 Å². The van der Waals surface area contributed by atoms with Crippen LogP contribution in [0.25, 0.3) is 0 Å². The molecular weight excluding hydrogens is 248 g/mol. The number of anilines is 1. The van der Waals surface area contributed by atoms with Gasteiger partial charge < -0.3 is 5.32 Å². The van der Waals surface area contributed by atoms with E-state index in [9.17, 15) is 0 Å². The molecule has 1 aromatic heterocycles. The molecule has 4 heteroatoms. The Morgan fingerprint density at radius 1 is 1.05 bits per heavy atom. The third-order valence-electron chi connectivity index (χ3n) is 4.59. The molecule has 1 unspecified atom stereocenters. The second-order valence-electron chi connectivity index (χ2n) is 5.97. The Labute approximate surface area is 119 Å². The van der Waals surface area contributed by atoms with Gasteiger partial charge in [-0.15, -0.1) is 0 Å². The number of para-hydroxylation sites is 1. The molecule has 1 fully saturated rings. The molecule has 1 aliphatic carbocycles. The average molecular weight is 268 g/mol. The minimum Gasteiger partial charge on any atom is -0.375 e. The van der Waals surface area contributed by atoms with Crippen molar-refractivity contribution in [1.82, 2.24) is 15.2 Å². The Morgan fingerprint density at radius 2 is 1.90 bits per heavy atom. The summed E-state index contributed by atoms with van der Waals surface area (Å²) in [5, 5.41) is 11.2. The lowest BCUT2D eigenvalue weighted by atomic mass is 9.89. The van der Waals surface area contributed by atoms with Crippen molar-refractivity contribution in [2.75, 3.05) is 5.32 Å². The standard InChI is InChI=1S/C16H20N4/c1-2-6-11(7-3-1)15-18-16(20-19-15)14-10-12-8-4-5-9-13(12)17-14/h4-5,8-9,11,14,17H,1-3,6-7,10H2,(H,18,19,20). The molecular formula is C16H20N4. The predicted octanol–water partition coefficient (Wildman–Crippen LogP) is 3.56. The van der Waals surface area contributed by atoms with Gasteiger partial charge in [0.1, 0.15) is 5.82 Å². The summed E-state index contributed by atoms with van der Waals surface area (Å²) in [5.41, 5.74) is 2.60. The smallest absolute Gasteiger partial charge is 0.153 e. The van der Waals surface area contributed by atoms with E-state index in [-0.39, 0.29) is 6.04 Å². The van der Waals surface area contributed by atoms with Gasteiger partial charge in [-0.25, -0.2) is 4.98 Å². The zero-order valence-electron chi connectivity index (χ0n) is 11.6. The number of aromatic nitrogens is 3. The van der Waals surface area contributed by atoms with Crippen LogP contribution >= 0.6 is 0 Å². The summed E-state index contributed by atoms with van der Waals surface area (Å²) in [6, 6.07) is 8.73. The molecule has 4 nitrogen and oxygen atoms in total. The fourth-order valence-electron chi connectivity index (χ4n) is 3.45. The second-order valence-corrected chi connectivity index (χ2v) is 5.97. The number of nitrogens with one attached hydrogen (secondary N) is 2. The first-order valence-corrected chi connectivity index (χ1v) is 7.67. The number of benzene rings is 1. The van der Waals surface area contributed by atoms with Crippen molar-refractivity contribution in [2.45, 2.75) is 50.5 Å². The summed E-state index contributed by atoms with van der Waals surface area (Å²) in [4.78, 5) is 4.77. The predicted molar refractivity (Wildman–Crippen MR) is 78.7 cm³/mol. The van der Waals surface area contributed by atoms with E-state index in [1.165, 1.54) is 43.4 Å². The van der Waals surface area contributed by atoms with Gasteiger partial charge in [-0.05, 0) is 24.5 Å². The maximum Gasteiger partial charge on any atom is 0.153 e. The third-order valence-corrected chi connectivity index (χ3v) is 4.59. The summed E-state index contributed by atoms with van der Waals surface area (Å²) in [7, 11) is 0. The normalized spacial score (nSPS) is 22.5. The SMILES string of the molecule is c1ccc2c(c1)CC(c1nc(C3CCCCC3)n[nH]1)N2. The van der Waals surface area contributed by atoms with Crippen LogP contribution in [0.4, 0.5) is 5.69 Å². The minimum absolute atomic E-state index is 0.247. The number of fused-ring (bicyclic) bond motifs is 1. The zero-order valence-corrected chi connectivity index (χ0v) is 11.6. The largest absolute Gasteiger partial charge is 0.375 e. The van der Waals surface area contributed by atoms with E-state index >= 15 is 0 Å². The number of nitrogens with zero attached hydrogens (tertiary/aromatic N) is 2. The highest BCUT2D eigenvalue weighted by atomic mass is 15.2. The molecule has 0 radical (unpaired) electrons. The molecule has 2 heterocycles. The van der Waals surface area contributed by atoms with Crippen LogP contribution in [0.3, 0.4) is 0 Å². The Kier molecular flexibility index (Phi) is 2.94. The molecule has 1 saturated carbocycles. The van der Waals surface area contributed by atoms with Gasteiger partial charge in [0.15, 0.2) is 5.82 Å². The number of aromatic amines is 1. The molecule has 4 rings (SSSR count). The number of H-pyrrole nitrogens is 1. The third kappa shape index (κ3) is 2.09. The Morgan fingerprint density at radius 3 is 2.75 bits per heavy atom. The van der Waals surface area contributed by atoms with Crippen LogP contribution in [0.5, 0.6) is 0 Å². The Bertz CT molecular complexity index is 573. The van der Waals surface area contributed by atoms with Gasteiger partial charge in [0.2, 0.25) is 0 Å². The first-order valence-electron chi connectivity index (χ1n) is 7.67. The molecule has 0 bridgehead atoms. The van der Waals surface area contributed by atoms with Gasteiger partial charge in [0.25, 0.3) is 0 Å². The highest BCUT2D eigenvalue weighted by molar-refractivity contribution is 5.57. The fraction of sp³-hybridized carbons (Fsp3) is 0.500. The van der Waals surface area contributed by atoms with Gasteiger partial charge in [-0.3, -0.25) is 5.10 Å². The minimum atomic E-state index is 0.247. The average Bonchev–Trinajstić information content (AvgIpc) is 3.14. The van der Waals surface area contributed by atoms with Crippen LogP contribution < -0.4 is 5.32 Å². The van der Waals surface area contributed by atoms with Gasteiger partial charge in [-0.2, -0.15) is 5.10 Å². The van der Waals surface area contributed by atoms with E-state index in [0.717, 1.165) is 18.1 Å². The highest BCUT2D eigenvalue weighted by Gasteiger charge is 2.26. The first kappa shape index (κ1) is 11.9. The molecule has 0 saturated heterocycles. The van der Waals surface area contributed by atoms with E-state index in [0.29, 0.717) is 5.92 Å². The Hall–Kier alpha value is -1.84. The van der Waals surface area contributed by atoms with Crippen LogP contribution in [0.1, 0.15) is 61.3 Å². The zero-order chi connectivity index (χ0) is 13.4. The van der Waals surface area contributed by atoms with Crippen LogP contribution in [0, 0.1) is 0 Å². The van der Waals surface area contributed by atoms with Crippen molar-refractivity contribution in [1.29, 1.82) is 0 Å². The monoisotopic (exact) mass is 268 g/mol. The summed E-state index contributed by atoms with van der Waals surface area (Å²) in [6.07, 6.45) is 7.50. The van der Waals surface area contributed by atoms with Crippen molar-refractivity contribution in [3.63, 3.8) is 0 Å². The summed E-state index contributed by atoms with van der Waals surface area (Å²) in [5.74, 6) is 2.58. The van der Waals surface area contributed by atoms with Crippen molar-refractivity contribution < 1.29 is 0 Å². The van der Waals surface area contributed by atoms with Crippen molar-refractivity contribution in [3.05, 3.63) is 41.5 Å². The van der Waals surface area contributed by atoms with E-state index < -0.39 is 0 Å². The number of hydrogen-bond acceptors (Lipinski definition) is 3. The summed E-state index contributed by atoms with van der Waals surface area (Å²) < 4.78 is 0. The molecule has 0 amide bonds. The van der Waals surface area contributed by atoms with Crippen LogP contribution in [0.2, 0.25) is 0 Å². The fourth-order valence-corrected chi connectivity index (χ4v) is 3.45. The van der Waals surface area contributed by atoms with Crippen molar-refractivity contribution >= 4 is 5.69 Å². The quantitative estimate of drug-likeness (QED) is 0.875. The Balaban J connectivity index is 1.52. The molecule has 0 spiro atoms. The van der Waals surface area contributed by atoms with Gasteiger partial charge in [0, 0.05) is 18.0 Å². The van der Waals surface area contributed by atoms with Crippen molar-refractivity contribution in [2.24, 2.45) is 0 Å². The molecule has 1 aliphatic heterocycles. The molecule has 2 aromatic rings. The lowest BCUT2D eigenvalue weighted by Crippen LogP contribution is -2.09. The van der Waals surface area contributed by atoms with Crippen LogP contribution in [0.15, 0.2) is 24.3 Å². The van der Waals surface area contributed by atoms with Crippen LogP contribution in [-0.4, -0.2) is 15.2 Å². The topological polar surface area (TPSA) is 53.6 Å². The maximum absolute atomic E-state index is 4.77. The highest BCUT2D eigenvalue weighted by Crippen LogP contribution is 2.34. The number of hydrogen-bond donors (Lipinski definition) is 2. The molecule has 2 N–H and O–H groups in total. The summed E-state index contributed by atoms with van der Waals surface area (Å²) >= 11 is 0. The number of rotatable bonds is 2. The molecule has 20 heavy (non-hydrogen) atoms. The van der Waals surface area contributed by atoms with E-state index in [2.05, 4.69) is 39.8 Å². The van der Waals surface area contributed by atoms with Crippen LogP contribution in [-0.2, 0) is 6.42 Å². The van der Waals surface area contributed by atoms with E-state index in [1.807, 2.05) is 0 Å². The molecule has 2 aliphatic rings. The van der Waals surface area contributed by atoms with Crippen molar-refractivity contribution in [3.8, 4) is 0 Å². The lowest BCUT2D eigenvalue weighted by Gasteiger charge is -2.18. The molecule has 1 atom stereocenters. The summed E-state index contributed by atoms with van der Waals surface area (Å²) in [6.45, 7) is 0. The maximum atomic E-state index is 4.77. The lowest BCUT2D eigenvalue weighted by molar-refractivity contribution is 0.429. The van der Waals surface area contributed by atoms with E-state index in [4.69, 9.17) is 4.98 Å². The molecule has 1 aromatic carbocycles. The van der Waals surface area contributed by atoms with Gasteiger partial charge >= 0.3 is 0 Å². The molecule has 104 valence electrons. The van der Waals surface area contributed by atoms with E-state index in [1.54, 1.807) is 0 Å². The first-order chi connectivity index (χ1) is 9.90. The van der Waals surface area contributed by atoms with Gasteiger partial charge in [-0.1, -0.05) is 37.5 Å².